The summed E-state index contributed by atoms with van der Waals surface area (Å²) in [5.74, 6) is 2.98. The number of hydrogen-bond donors (Lipinski definition) is 1. The Morgan fingerprint density at radius 2 is 2.10 bits per heavy atom. The van der Waals surface area contributed by atoms with Crippen molar-refractivity contribution in [3.8, 4) is 0 Å². The van der Waals surface area contributed by atoms with Crippen molar-refractivity contribution in [3.63, 3.8) is 0 Å². The van der Waals surface area contributed by atoms with Crippen LogP contribution in [0.2, 0.25) is 0 Å². The van der Waals surface area contributed by atoms with Crippen LogP contribution in [0.1, 0.15) is 19.3 Å². The molecule has 54 valence electrons. The van der Waals surface area contributed by atoms with Gasteiger partial charge in [0.25, 0.3) is 0 Å². The second kappa shape index (κ2) is 1.58. The van der Waals surface area contributed by atoms with Crippen molar-refractivity contribution < 1.29 is 0 Å². The van der Waals surface area contributed by atoms with Gasteiger partial charge in [-0.3, -0.25) is 0 Å². The third-order valence-electron chi connectivity index (χ3n) is 3.59. The topological polar surface area (TPSA) is 12.0 Å². The summed E-state index contributed by atoms with van der Waals surface area (Å²) in [5.41, 5.74) is 0. The molecule has 2 fully saturated rings. The molecule has 1 aliphatic heterocycles. The lowest BCUT2D eigenvalue weighted by Gasteiger charge is -2.23. The molecule has 0 radical (unpaired) electrons. The first-order valence-corrected chi connectivity index (χ1v) is 4.38. The Morgan fingerprint density at radius 3 is 3.00 bits per heavy atom. The molecule has 0 aromatic carbocycles. The molecule has 1 N–H and O–H groups in total. The summed E-state index contributed by atoms with van der Waals surface area (Å²) in [7, 11) is 0. The highest BCUT2D eigenvalue weighted by Crippen LogP contribution is 2.50. The third-order valence-corrected chi connectivity index (χ3v) is 3.59. The van der Waals surface area contributed by atoms with E-state index < -0.39 is 0 Å². The fourth-order valence-electron chi connectivity index (χ4n) is 3.14. The van der Waals surface area contributed by atoms with Crippen molar-refractivity contribution in [2.75, 3.05) is 0 Å². The Labute approximate surface area is 61.5 Å². The highest BCUT2D eigenvalue weighted by atomic mass is 15.0. The Bertz CT molecular complexity index is 185. The van der Waals surface area contributed by atoms with E-state index in [1.54, 1.807) is 0 Å². The van der Waals surface area contributed by atoms with Crippen LogP contribution < -0.4 is 5.32 Å². The Morgan fingerprint density at radius 1 is 1.20 bits per heavy atom. The molecule has 2 bridgehead atoms. The van der Waals surface area contributed by atoms with Crippen LogP contribution in [0.3, 0.4) is 0 Å². The van der Waals surface area contributed by atoms with Crippen LogP contribution in [0, 0.1) is 17.8 Å². The van der Waals surface area contributed by atoms with E-state index in [1.165, 1.54) is 19.3 Å². The van der Waals surface area contributed by atoms with Crippen LogP contribution >= 0.6 is 0 Å². The van der Waals surface area contributed by atoms with E-state index >= 15 is 0 Å². The molecule has 0 amide bonds. The lowest BCUT2D eigenvalue weighted by atomic mass is 9.86. The summed E-state index contributed by atoms with van der Waals surface area (Å²) >= 11 is 0. The molecule has 0 spiro atoms. The lowest BCUT2D eigenvalue weighted by molar-refractivity contribution is 0.333. The van der Waals surface area contributed by atoms with Crippen LogP contribution in [-0.4, -0.2) is 6.04 Å². The van der Waals surface area contributed by atoms with Crippen molar-refractivity contribution >= 4 is 0 Å². The minimum Gasteiger partial charge on any atom is -0.388 e. The summed E-state index contributed by atoms with van der Waals surface area (Å²) in [6, 6.07) is 0.846. The zero-order valence-electron chi connectivity index (χ0n) is 6.09. The van der Waals surface area contributed by atoms with Gasteiger partial charge in [-0.2, -0.15) is 0 Å². The average Bonchev–Trinajstić information content (AvgIpc) is 2.60. The van der Waals surface area contributed by atoms with Crippen molar-refractivity contribution in [1.82, 2.24) is 5.32 Å². The molecule has 1 nitrogen and oxygen atoms in total. The van der Waals surface area contributed by atoms with Gasteiger partial charge in [-0.05, 0) is 37.3 Å². The predicted molar refractivity (Wildman–Crippen MR) is 40.4 cm³/mol. The average molecular weight is 135 g/mol. The van der Waals surface area contributed by atoms with Gasteiger partial charge in [0.05, 0.1) is 0 Å². The Kier molecular flexibility index (Phi) is 0.825. The second-order valence-corrected chi connectivity index (χ2v) is 3.96. The maximum Gasteiger partial charge on any atom is 0.0349 e. The van der Waals surface area contributed by atoms with Gasteiger partial charge in [0.15, 0.2) is 0 Å². The lowest BCUT2D eigenvalue weighted by Crippen LogP contribution is -2.32. The monoisotopic (exact) mass is 135 g/mol. The van der Waals surface area contributed by atoms with Crippen LogP contribution in [-0.2, 0) is 0 Å². The Hall–Kier alpha value is -0.460. The molecular formula is C9H13N. The molecule has 3 rings (SSSR count). The first-order valence-electron chi connectivity index (χ1n) is 4.38. The fourth-order valence-corrected chi connectivity index (χ4v) is 3.14. The number of nitrogens with one attached hydrogen (secondary N) is 1. The largest absolute Gasteiger partial charge is 0.388 e. The highest BCUT2D eigenvalue weighted by Gasteiger charge is 2.47. The number of rotatable bonds is 0. The molecule has 2 aliphatic carbocycles. The SMILES string of the molecule is C1=CC2C3CCC(C3)C2N1. The van der Waals surface area contributed by atoms with E-state index in [-0.39, 0.29) is 0 Å². The van der Waals surface area contributed by atoms with Crippen molar-refractivity contribution in [2.45, 2.75) is 25.3 Å². The number of fused-ring (bicyclic) bond motifs is 5. The summed E-state index contributed by atoms with van der Waals surface area (Å²) in [6.07, 6.45) is 9.04. The van der Waals surface area contributed by atoms with Gasteiger partial charge in [0.2, 0.25) is 0 Å². The van der Waals surface area contributed by atoms with Gasteiger partial charge < -0.3 is 5.32 Å². The summed E-state index contributed by atoms with van der Waals surface area (Å²) in [6.45, 7) is 0. The van der Waals surface area contributed by atoms with Gasteiger partial charge in [0.1, 0.15) is 0 Å². The molecule has 0 saturated heterocycles. The first kappa shape index (κ1) is 5.22. The predicted octanol–water partition coefficient (Wildman–Crippen LogP) is 1.52. The van der Waals surface area contributed by atoms with Gasteiger partial charge in [0, 0.05) is 12.0 Å². The molecule has 1 heteroatoms. The summed E-state index contributed by atoms with van der Waals surface area (Å²) in [5, 5.41) is 3.47. The molecule has 0 aromatic rings. The molecular weight excluding hydrogens is 122 g/mol. The normalized spacial score (nSPS) is 55.2. The number of hydrogen-bond acceptors (Lipinski definition) is 1. The molecule has 2 saturated carbocycles. The van der Waals surface area contributed by atoms with Crippen molar-refractivity contribution in [3.05, 3.63) is 12.3 Å². The maximum absolute atomic E-state index is 3.47. The van der Waals surface area contributed by atoms with E-state index in [2.05, 4.69) is 17.6 Å². The minimum absolute atomic E-state index is 0.846. The van der Waals surface area contributed by atoms with Gasteiger partial charge in [-0.25, -0.2) is 0 Å². The smallest absolute Gasteiger partial charge is 0.0349 e. The maximum atomic E-state index is 3.47. The van der Waals surface area contributed by atoms with Crippen molar-refractivity contribution in [1.29, 1.82) is 0 Å². The second-order valence-electron chi connectivity index (χ2n) is 3.96. The molecule has 1 heterocycles. The van der Waals surface area contributed by atoms with E-state index in [9.17, 15) is 0 Å². The zero-order chi connectivity index (χ0) is 6.55. The molecule has 4 unspecified atom stereocenters. The van der Waals surface area contributed by atoms with Crippen LogP contribution in [0.25, 0.3) is 0 Å². The minimum atomic E-state index is 0.846. The van der Waals surface area contributed by atoms with Gasteiger partial charge >= 0.3 is 0 Å². The highest BCUT2D eigenvalue weighted by molar-refractivity contribution is 5.14. The Balaban J connectivity index is 1.97. The summed E-state index contributed by atoms with van der Waals surface area (Å²) in [4.78, 5) is 0. The third kappa shape index (κ3) is 0.458. The molecule has 4 atom stereocenters. The quantitative estimate of drug-likeness (QED) is 0.531. The standard InChI is InChI=1S/C9H13N/c1-2-7-5-6(1)8-3-4-10-9(7)8/h3-4,6-10H,1-2,5H2. The first-order chi connectivity index (χ1) is 4.95. The summed E-state index contributed by atoms with van der Waals surface area (Å²) < 4.78 is 0. The van der Waals surface area contributed by atoms with Gasteiger partial charge in [-0.15, -0.1) is 0 Å². The molecule has 10 heavy (non-hydrogen) atoms. The van der Waals surface area contributed by atoms with E-state index in [1.807, 2.05) is 0 Å². The van der Waals surface area contributed by atoms with E-state index in [0.29, 0.717) is 0 Å². The van der Waals surface area contributed by atoms with Crippen LogP contribution in [0.15, 0.2) is 12.3 Å². The van der Waals surface area contributed by atoms with E-state index in [4.69, 9.17) is 0 Å². The molecule has 3 aliphatic rings. The van der Waals surface area contributed by atoms with Crippen LogP contribution in [0.4, 0.5) is 0 Å². The zero-order valence-corrected chi connectivity index (χ0v) is 6.09. The van der Waals surface area contributed by atoms with Crippen LogP contribution in [0.5, 0.6) is 0 Å². The fraction of sp³-hybridized carbons (Fsp3) is 0.778. The van der Waals surface area contributed by atoms with Crippen molar-refractivity contribution in [2.24, 2.45) is 17.8 Å². The van der Waals surface area contributed by atoms with Gasteiger partial charge in [-0.1, -0.05) is 6.08 Å². The molecule has 0 aromatic heterocycles. The van der Waals surface area contributed by atoms with E-state index in [0.717, 1.165) is 23.8 Å².